The number of rotatable bonds is 8. The molecule has 0 bridgehead atoms. The van der Waals surface area contributed by atoms with Crippen LogP contribution in [0.3, 0.4) is 0 Å². The lowest BCUT2D eigenvalue weighted by Gasteiger charge is -2.02. The van der Waals surface area contributed by atoms with E-state index in [0.717, 1.165) is 14.8 Å². The van der Waals surface area contributed by atoms with Crippen molar-refractivity contribution in [3.05, 3.63) is 55.9 Å². The minimum atomic E-state index is -1.06. The third-order valence-corrected chi connectivity index (χ3v) is 6.02. The van der Waals surface area contributed by atoms with Crippen LogP contribution in [0, 0.1) is 10.1 Å². The normalized spacial score (nSPS) is 10.9. The van der Waals surface area contributed by atoms with Gasteiger partial charge in [-0.3, -0.25) is 14.9 Å². The van der Waals surface area contributed by atoms with Gasteiger partial charge in [0.05, 0.1) is 20.9 Å². The van der Waals surface area contributed by atoms with E-state index in [1.165, 1.54) is 53.6 Å². The summed E-state index contributed by atoms with van der Waals surface area (Å²) >= 11 is 2.88. The third kappa shape index (κ3) is 4.72. The van der Waals surface area contributed by atoms with Crippen molar-refractivity contribution in [1.82, 2.24) is 5.43 Å². The van der Waals surface area contributed by atoms with Crippen LogP contribution in [0.15, 0.2) is 33.6 Å². The fourth-order valence-electron chi connectivity index (χ4n) is 2.35. The maximum absolute atomic E-state index is 12.2. The standard InChI is InChI=1S/C17H17N3O5S2/c1-3-13-14(16(22)23)11(17(27-13)26-4-2)9-18-19-15(21)10-7-5-6-8-12(10)20(24)25/h5-9H,3-4H2,1-2H3,(H,19,21)(H,22,23)/b18-9+. The highest BCUT2D eigenvalue weighted by Crippen LogP contribution is 2.35. The van der Waals surface area contributed by atoms with Gasteiger partial charge in [-0.05, 0) is 18.2 Å². The predicted octanol–water partition coefficient (Wildman–Crippen LogP) is 3.79. The second-order valence-corrected chi connectivity index (χ2v) is 7.80. The summed E-state index contributed by atoms with van der Waals surface area (Å²) < 4.78 is 0.801. The van der Waals surface area contributed by atoms with Crippen LogP contribution in [0.2, 0.25) is 0 Å². The number of para-hydroxylation sites is 1. The summed E-state index contributed by atoms with van der Waals surface area (Å²) in [4.78, 5) is 34.9. The van der Waals surface area contributed by atoms with E-state index in [1.54, 1.807) is 0 Å². The van der Waals surface area contributed by atoms with Crippen LogP contribution in [0.1, 0.15) is 45.0 Å². The van der Waals surface area contributed by atoms with E-state index in [9.17, 15) is 24.8 Å². The largest absolute Gasteiger partial charge is 0.478 e. The number of hydrogen-bond donors (Lipinski definition) is 2. The topological polar surface area (TPSA) is 122 Å². The Morgan fingerprint density at radius 2 is 2.07 bits per heavy atom. The van der Waals surface area contributed by atoms with Gasteiger partial charge >= 0.3 is 5.97 Å². The fraction of sp³-hybridized carbons (Fsp3) is 0.235. The van der Waals surface area contributed by atoms with Crippen LogP contribution >= 0.6 is 23.1 Å². The molecule has 142 valence electrons. The number of amides is 1. The number of carbonyl (C=O) groups excluding carboxylic acids is 1. The number of nitro groups is 1. The van der Waals surface area contributed by atoms with Crippen molar-refractivity contribution >= 4 is 46.9 Å². The molecule has 0 radical (unpaired) electrons. The molecule has 2 aromatic rings. The van der Waals surface area contributed by atoms with Crippen LogP contribution in [-0.2, 0) is 6.42 Å². The number of aromatic carboxylic acids is 1. The van der Waals surface area contributed by atoms with Crippen LogP contribution in [0.25, 0.3) is 0 Å². The summed E-state index contributed by atoms with van der Waals surface area (Å²) in [5, 5.41) is 24.4. The number of nitro benzene ring substituents is 1. The van der Waals surface area contributed by atoms with Gasteiger partial charge in [-0.25, -0.2) is 10.2 Å². The zero-order chi connectivity index (χ0) is 20.0. The average Bonchev–Trinajstić information content (AvgIpc) is 2.99. The molecule has 0 fully saturated rings. The minimum Gasteiger partial charge on any atom is -0.478 e. The van der Waals surface area contributed by atoms with E-state index in [4.69, 9.17) is 0 Å². The molecule has 0 aliphatic carbocycles. The van der Waals surface area contributed by atoms with E-state index < -0.39 is 16.8 Å². The smallest absolute Gasteiger partial charge is 0.337 e. The van der Waals surface area contributed by atoms with Crippen LogP contribution in [0.4, 0.5) is 5.69 Å². The van der Waals surface area contributed by atoms with Crippen molar-refractivity contribution in [2.75, 3.05) is 5.75 Å². The van der Waals surface area contributed by atoms with Gasteiger partial charge in [-0.2, -0.15) is 5.10 Å². The Kier molecular flexibility index (Phi) is 7.08. The monoisotopic (exact) mass is 407 g/mol. The molecule has 0 spiro atoms. The number of aryl methyl sites for hydroxylation is 1. The number of benzene rings is 1. The molecule has 0 aliphatic rings. The molecule has 1 aromatic carbocycles. The average molecular weight is 407 g/mol. The fourth-order valence-corrected chi connectivity index (χ4v) is 4.75. The van der Waals surface area contributed by atoms with Gasteiger partial charge in [0.25, 0.3) is 11.6 Å². The molecule has 1 heterocycles. The Balaban J connectivity index is 2.31. The molecular formula is C17H17N3O5S2. The summed E-state index contributed by atoms with van der Waals surface area (Å²) in [6.07, 6.45) is 1.85. The van der Waals surface area contributed by atoms with Crippen LogP contribution in [0.5, 0.6) is 0 Å². The summed E-state index contributed by atoms with van der Waals surface area (Å²) in [5.41, 5.74) is 2.38. The Bertz CT molecular complexity index is 908. The van der Waals surface area contributed by atoms with Crippen molar-refractivity contribution in [2.24, 2.45) is 5.10 Å². The first-order chi connectivity index (χ1) is 12.9. The molecule has 27 heavy (non-hydrogen) atoms. The SMILES string of the molecule is CCSc1sc(CC)c(C(=O)O)c1/C=N/NC(=O)c1ccccc1[N+](=O)[O-]. The number of carboxylic acid groups (broad SMARTS) is 1. The first-order valence-corrected chi connectivity index (χ1v) is 9.79. The molecule has 0 aliphatic heterocycles. The van der Waals surface area contributed by atoms with Crippen LogP contribution < -0.4 is 5.43 Å². The lowest BCUT2D eigenvalue weighted by atomic mass is 10.1. The van der Waals surface area contributed by atoms with Gasteiger partial charge in [0.15, 0.2) is 0 Å². The zero-order valence-electron chi connectivity index (χ0n) is 14.6. The van der Waals surface area contributed by atoms with Crippen molar-refractivity contribution < 1.29 is 19.6 Å². The maximum Gasteiger partial charge on any atom is 0.337 e. The number of nitrogens with zero attached hydrogens (tertiary/aromatic N) is 2. The van der Waals surface area contributed by atoms with Gasteiger partial charge in [-0.1, -0.05) is 26.0 Å². The van der Waals surface area contributed by atoms with Crippen molar-refractivity contribution in [3.63, 3.8) is 0 Å². The van der Waals surface area contributed by atoms with Crippen LogP contribution in [-0.4, -0.2) is 33.9 Å². The quantitative estimate of drug-likeness (QED) is 0.297. The third-order valence-electron chi connectivity index (χ3n) is 3.50. The van der Waals surface area contributed by atoms with E-state index in [2.05, 4.69) is 10.5 Å². The number of carbonyl (C=O) groups is 2. The van der Waals surface area contributed by atoms with E-state index in [0.29, 0.717) is 12.0 Å². The highest BCUT2D eigenvalue weighted by molar-refractivity contribution is 8.01. The Morgan fingerprint density at radius 3 is 2.67 bits per heavy atom. The second-order valence-electron chi connectivity index (χ2n) is 5.17. The second kappa shape index (κ2) is 9.28. The van der Waals surface area contributed by atoms with Gasteiger partial charge in [-0.15, -0.1) is 23.1 Å². The first-order valence-electron chi connectivity index (χ1n) is 7.99. The molecule has 0 saturated carbocycles. The van der Waals surface area contributed by atoms with Gasteiger partial charge in [0.1, 0.15) is 5.56 Å². The number of carboxylic acids is 1. The number of hydrazone groups is 1. The van der Waals surface area contributed by atoms with E-state index in [-0.39, 0.29) is 16.8 Å². The van der Waals surface area contributed by atoms with E-state index >= 15 is 0 Å². The molecule has 10 heteroatoms. The summed E-state index contributed by atoms with van der Waals surface area (Å²) in [5.74, 6) is -1.05. The van der Waals surface area contributed by atoms with Gasteiger partial charge < -0.3 is 5.11 Å². The highest BCUT2D eigenvalue weighted by Gasteiger charge is 2.22. The van der Waals surface area contributed by atoms with Crippen molar-refractivity contribution in [3.8, 4) is 0 Å². The molecule has 0 unspecified atom stereocenters. The molecular weight excluding hydrogens is 390 g/mol. The summed E-state index contributed by atoms with van der Waals surface area (Å²) in [6, 6.07) is 5.52. The van der Waals surface area contributed by atoms with E-state index in [1.807, 2.05) is 13.8 Å². The van der Waals surface area contributed by atoms with Gasteiger partial charge in [0.2, 0.25) is 0 Å². The lowest BCUT2D eigenvalue weighted by molar-refractivity contribution is -0.385. The summed E-state index contributed by atoms with van der Waals surface area (Å²) in [6.45, 7) is 3.82. The minimum absolute atomic E-state index is 0.124. The summed E-state index contributed by atoms with van der Waals surface area (Å²) in [7, 11) is 0. The first kappa shape index (κ1) is 20.6. The molecule has 2 rings (SSSR count). The van der Waals surface area contributed by atoms with Crippen molar-refractivity contribution in [2.45, 2.75) is 24.5 Å². The Morgan fingerprint density at radius 1 is 1.37 bits per heavy atom. The number of hydrogen-bond acceptors (Lipinski definition) is 7. The Labute approximate surface area is 163 Å². The number of nitrogens with one attached hydrogen (secondary N) is 1. The molecule has 1 amide bonds. The highest BCUT2D eigenvalue weighted by atomic mass is 32.2. The number of thioether (sulfide) groups is 1. The molecule has 0 saturated heterocycles. The maximum atomic E-state index is 12.2. The Hall–Kier alpha value is -2.72. The predicted molar refractivity (Wildman–Crippen MR) is 105 cm³/mol. The molecule has 1 aromatic heterocycles. The van der Waals surface area contributed by atoms with Gasteiger partial charge in [0, 0.05) is 16.5 Å². The van der Waals surface area contributed by atoms with Crippen molar-refractivity contribution in [1.29, 1.82) is 0 Å². The molecule has 0 atom stereocenters. The number of thiophene rings is 1. The zero-order valence-corrected chi connectivity index (χ0v) is 16.2. The molecule has 8 nitrogen and oxygen atoms in total. The molecule has 2 N–H and O–H groups in total. The lowest BCUT2D eigenvalue weighted by Crippen LogP contribution is -2.19.